The first-order valence-electron chi connectivity index (χ1n) is 8.89. The van der Waals surface area contributed by atoms with Crippen LogP contribution in [-0.2, 0) is 4.79 Å². The molecule has 1 aromatic rings. The summed E-state index contributed by atoms with van der Waals surface area (Å²) < 4.78 is 46.8. The molecule has 7 nitrogen and oxygen atoms in total. The first kappa shape index (κ1) is 20.0. The molecular weight excluding hydrogens is 379 g/mol. The highest BCUT2D eigenvalue weighted by Crippen LogP contribution is 2.37. The average molecular weight is 399 g/mol. The molecule has 4 amide bonds. The molecule has 2 N–H and O–H groups in total. The largest absolute Gasteiger partial charge is 0.496 e. The number of ether oxygens (including phenoxy) is 1. The molecule has 1 aromatic carbocycles. The molecule has 1 atom stereocenters. The number of benzene rings is 1. The number of imide groups is 1. The number of alkyl halides is 3. The monoisotopic (exact) mass is 399 g/mol. The highest BCUT2D eigenvalue weighted by Gasteiger charge is 2.69. The van der Waals surface area contributed by atoms with Crippen LogP contribution in [0.25, 0.3) is 0 Å². The second kappa shape index (κ2) is 7.33. The van der Waals surface area contributed by atoms with E-state index in [1.54, 1.807) is 16.7 Å². The Bertz CT molecular complexity index is 793. The number of halogens is 3. The number of hydrogen-bond acceptors (Lipinski definition) is 4. The van der Waals surface area contributed by atoms with Crippen LogP contribution >= 0.6 is 0 Å². The topological polar surface area (TPSA) is 87.7 Å². The molecular formula is C18H20F3N3O4. The number of amides is 4. The first-order chi connectivity index (χ1) is 13.2. The third-order valence-corrected chi connectivity index (χ3v) is 5.07. The van der Waals surface area contributed by atoms with E-state index >= 15 is 0 Å². The second-order valence-corrected chi connectivity index (χ2v) is 6.80. The third-order valence-electron chi connectivity index (χ3n) is 5.07. The zero-order valence-electron chi connectivity index (χ0n) is 15.1. The van der Waals surface area contributed by atoms with Crippen LogP contribution in [-0.4, -0.2) is 47.7 Å². The van der Waals surface area contributed by atoms with E-state index < -0.39 is 35.7 Å². The number of carbonyl (C=O) groups excluding carboxylic acids is 3. The molecule has 0 radical (unpaired) electrons. The molecule has 28 heavy (non-hydrogen) atoms. The predicted molar refractivity (Wildman–Crippen MR) is 91.5 cm³/mol. The number of rotatable bonds is 4. The van der Waals surface area contributed by atoms with Crippen molar-refractivity contribution in [1.82, 2.24) is 15.5 Å². The van der Waals surface area contributed by atoms with Crippen molar-refractivity contribution in [2.45, 2.75) is 50.0 Å². The number of hydrogen-bond donors (Lipinski definition) is 2. The van der Waals surface area contributed by atoms with Crippen LogP contribution in [0.3, 0.4) is 0 Å². The lowest BCUT2D eigenvalue weighted by Crippen LogP contribution is -2.69. The predicted octanol–water partition coefficient (Wildman–Crippen LogP) is 2.57. The summed E-state index contributed by atoms with van der Waals surface area (Å²) in [6.07, 6.45) is -2.03. The van der Waals surface area contributed by atoms with E-state index in [9.17, 15) is 27.6 Å². The molecule has 0 spiro atoms. The zero-order chi connectivity index (χ0) is 20.5. The van der Waals surface area contributed by atoms with E-state index in [2.05, 4.69) is 0 Å². The van der Waals surface area contributed by atoms with E-state index in [-0.39, 0.29) is 11.3 Å². The third kappa shape index (κ3) is 3.27. The Labute approximate surface area is 159 Å². The van der Waals surface area contributed by atoms with Crippen molar-refractivity contribution < 1.29 is 32.3 Å². The minimum absolute atomic E-state index is 0.0400. The van der Waals surface area contributed by atoms with Gasteiger partial charge in [0.2, 0.25) is 0 Å². The highest BCUT2D eigenvalue weighted by molar-refractivity contribution is 6.10. The van der Waals surface area contributed by atoms with Crippen molar-refractivity contribution >= 4 is 17.8 Å². The molecule has 1 saturated heterocycles. The van der Waals surface area contributed by atoms with Crippen LogP contribution in [0.15, 0.2) is 24.3 Å². The molecule has 10 heteroatoms. The number of nitrogens with one attached hydrogen (secondary N) is 2. The van der Waals surface area contributed by atoms with Crippen molar-refractivity contribution in [2.75, 3.05) is 7.11 Å². The lowest BCUT2D eigenvalue weighted by Gasteiger charge is -2.32. The summed E-state index contributed by atoms with van der Waals surface area (Å²) in [5.41, 5.74) is -3.70. The quantitative estimate of drug-likeness (QED) is 0.762. The lowest BCUT2D eigenvalue weighted by atomic mass is 9.94. The summed E-state index contributed by atoms with van der Waals surface area (Å²) in [5.74, 6) is -2.66. The molecule has 3 rings (SSSR count). The van der Waals surface area contributed by atoms with Crippen LogP contribution in [0.2, 0.25) is 0 Å². The Balaban J connectivity index is 1.95. The van der Waals surface area contributed by atoms with E-state index in [1.807, 2.05) is 0 Å². The van der Waals surface area contributed by atoms with Crippen LogP contribution < -0.4 is 15.4 Å². The Morgan fingerprint density at radius 2 is 1.86 bits per heavy atom. The summed E-state index contributed by atoms with van der Waals surface area (Å²) in [6.45, 7) is 0. The van der Waals surface area contributed by atoms with E-state index in [4.69, 9.17) is 4.74 Å². The molecule has 1 aliphatic heterocycles. The van der Waals surface area contributed by atoms with Crippen LogP contribution in [0.4, 0.5) is 18.0 Å². The maximum atomic E-state index is 13.9. The van der Waals surface area contributed by atoms with Crippen LogP contribution in [0, 0.1) is 0 Å². The molecule has 2 aliphatic rings. The molecule has 1 aliphatic carbocycles. The second-order valence-electron chi connectivity index (χ2n) is 6.80. The fourth-order valence-electron chi connectivity index (χ4n) is 3.64. The van der Waals surface area contributed by atoms with Gasteiger partial charge in [0, 0.05) is 6.04 Å². The fourth-order valence-corrected chi connectivity index (χ4v) is 3.64. The molecule has 152 valence electrons. The molecule has 0 unspecified atom stereocenters. The van der Waals surface area contributed by atoms with Crippen molar-refractivity contribution in [3.8, 4) is 5.75 Å². The summed E-state index contributed by atoms with van der Waals surface area (Å²) in [6, 6.07) is 3.88. The minimum atomic E-state index is -5.24. The van der Waals surface area contributed by atoms with Crippen molar-refractivity contribution in [3.05, 3.63) is 29.8 Å². The number of nitrogens with zero attached hydrogens (tertiary/aromatic N) is 1. The Kier molecular flexibility index (Phi) is 5.22. The summed E-state index contributed by atoms with van der Waals surface area (Å²) in [7, 11) is 1.26. The smallest absolute Gasteiger partial charge is 0.440 e. The highest BCUT2D eigenvalue weighted by atomic mass is 19.4. The molecule has 1 saturated carbocycles. The van der Waals surface area contributed by atoms with Gasteiger partial charge in [0.1, 0.15) is 5.75 Å². The first-order valence-corrected chi connectivity index (χ1v) is 8.89. The molecule has 0 bridgehead atoms. The van der Waals surface area contributed by atoms with Crippen LogP contribution in [0.1, 0.15) is 42.5 Å². The van der Waals surface area contributed by atoms with Gasteiger partial charge in [-0.3, -0.25) is 19.8 Å². The zero-order valence-corrected chi connectivity index (χ0v) is 15.1. The van der Waals surface area contributed by atoms with Gasteiger partial charge in [0.05, 0.1) is 12.7 Å². The van der Waals surface area contributed by atoms with E-state index in [1.165, 1.54) is 25.3 Å². The summed E-state index contributed by atoms with van der Waals surface area (Å²) in [5, 5.41) is 3.39. The van der Waals surface area contributed by atoms with Crippen molar-refractivity contribution in [1.29, 1.82) is 0 Å². The van der Waals surface area contributed by atoms with Gasteiger partial charge < -0.3 is 10.1 Å². The van der Waals surface area contributed by atoms with Crippen molar-refractivity contribution in [3.63, 3.8) is 0 Å². The van der Waals surface area contributed by atoms with Gasteiger partial charge in [-0.2, -0.15) is 13.2 Å². The lowest BCUT2D eigenvalue weighted by molar-refractivity contribution is -0.200. The molecule has 1 heterocycles. The standard InChI is InChI=1S/C18H20F3N3O4/c1-28-13-10-6-5-9-12(13)14(25)22-17(18(19,20)21)15(26)24(16(27)23-17)11-7-3-2-4-8-11/h5-6,9-11H,2-4,7-8H2,1H3,(H,22,25)(H,23,27)/t17-/m0/s1. The maximum Gasteiger partial charge on any atom is 0.440 e. The Morgan fingerprint density at radius 3 is 2.46 bits per heavy atom. The summed E-state index contributed by atoms with van der Waals surface area (Å²) in [4.78, 5) is 38.2. The number of carbonyl (C=O) groups is 3. The number of para-hydroxylation sites is 1. The van der Waals surface area contributed by atoms with Gasteiger partial charge in [0.25, 0.3) is 17.5 Å². The van der Waals surface area contributed by atoms with Gasteiger partial charge >= 0.3 is 12.2 Å². The molecule has 2 fully saturated rings. The van der Waals surface area contributed by atoms with E-state index in [0.717, 1.165) is 6.42 Å². The van der Waals surface area contributed by atoms with Gasteiger partial charge in [0.15, 0.2) is 0 Å². The fraction of sp³-hybridized carbons (Fsp3) is 0.500. The number of methoxy groups -OCH3 is 1. The van der Waals surface area contributed by atoms with Gasteiger partial charge in [-0.05, 0) is 25.0 Å². The summed E-state index contributed by atoms with van der Waals surface area (Å²) >= 11 is 0. The number of urea groups is 1. The maximum absolute atomic E-state index is 13.9. The van der Waals surface area contributed by atoms with Gasteiger partial charge in [-0.25, -0.2) is 4.79 Å². The molecule has 0 aromatic heterocycles. The SMILES string of the molecule is COc1ccccc1C(=O)N[C@]1(C(F)(F)F)NC(=O)N(C2CCCCC2)C1=O. The van der Waals surface area contributed by atoms with Crippen molar-refractivity contribution in [2.24, 2.45) is 0 Å². The normalized spacial score (nSPS) is 23.5. The van der Waals surface area contributed by atoms with Gasteiger partial charge in [-0.1, -0.05) is 31.4 Å². The Hall–Kier alpha value is -2.78. The van der Waals surface area contributed by atoms with Crippen LogP contribution in [0.5, 0.6) is 5.75 Å². The Morgan fingerprint density at radius 1 is 1.21 bits per heavy atom. The van der Waals surface area contributed by atoms with Gasteiger partial charge in [-0.15, -0.1) is 0 Å². The van der Waals surface area contributed by atoms with E-state index in [0.29, 0.717) is 30.6 Å². The average Bonchev–Trinajstić information content (AvgIpc) is 2.93. The minimum Gasteiger partial charge on any atom is -0.496 e.